The van der Waals surface area contributed by atoms with Gasteiger partial charge in [0, 0.05) is 30.2 Å². The van der Waals surface area contributed by atoms with Gasteiger partial charge in [-0.05, 0) is 36.1 Å². The maximum absolute atomic E-state index is 12.2. The van der Waals surface area contributed by atoms with Gasteiger partial charge in [-0.2, -0.15) is 0 Å². The quantitative estimate of drug-likeness (QED) is 0.760. The van der Waals surface area contributed by atoms with E-state index in [2.05, 4.69) is 5.32 Å². The summed E-state index contributed by atoms with van der Waals surface area (Å²) in [6, 6.07) is 13.6. The Morgan fingerprint density at radius 2 is 2.14 bits per heavy atom. The monoisotopic (exact) mass is 314 g/mol. The molecule has 0 spiro atoms. The van der Waals surface area contributed by atoms with Crippen LogP contribution in [0.15, 0.2) is 48.7 Å². The van der Waals surface area contributed by atoms with Crippen LogP contribution in [0.4, 0.5) is 0 Å². The molecule has 1 unspecified atom stereocenters. The third-order valence-corrected chi connectivity index (χ3v) is 4.79. The summed E-state index contributed by atoms with van der Waals surface area (Å²) in [5, 5.41) is 14.1. The van der Waals surface area contributed by atoms with E-state index in [-0.39, 0.29) is 5.91 Å². The Labute approximate surface area is 133 Å². The van der Waals surface area contributed by atoms with Gasteiger partial charge in [0.15, 0.2) is 0 Å². The summed E-state index contributed by atoms with van der Waals surface area (Å²) in [7, 11) is 1.90. The van der Waals surface area contributed by atoms with E-state index in [9.17, 15) is 9.90 Å². The van der Waals surface area contributed by atoms with Crippen molar-refractivity contribution in [1.29, 1.82) is 0 Å². The van der Waals surface area contributed by atoms with Crippen LogP contribution in [0.1, 0.15) is 27.9 Å². The second-order valence-electron chi connectivity index (χ2n) is 5.25. The number of carbonyl (C=O) groups excluding carboxylic acids is 1. The molecule has 0 bridgehead atoms. The van der Waals surface area contributed by atoms with Crippen molar-refractivity contribution >= 4 is 27.3 Å². The lowest BCUT2D eigenvalue weighted by Gasteiger charge is -2.12. The van der Waals surface area contributed by atoms with Crippen LogP contribution in [0.25, 0.3) is 10.1 Å². The molecule has 114 valence electrons. The Hall–Kier alpha value is -2.11. The van der Waals surface area contributed by atoms with Crippen LogP contribution < -0.4 is 5.32 Å². The van der Waals surface area contributed by atoms with Gasteiger partial charge in [-0.25, -0.2) is 0 Å². The van der Waals surface area contributed by atoms with Gasteiger partial charge >= 0.3 is 0 Å². The number of rotatable bonds is 5. The Kier molecular flexibility index (Phi) is 4.27. The summed E-state index contributed by atoms with van der Waals surface area (Å²) in [5.41, 5.74) is 0.858. The van der Waals surface area contributed by atoms with Crippen molar-refractivity contribution in [2.45, 2.75) is 12.5 Å². The zero-order valence-electron chi connectivity index (χ0n) is 12.3. The van der Waals surface area contributed by atoms with E-state index in [4.69, 9.17) is 0 Å². The Morgan fingerprint density at radius 3 is 2.86 bits per heavy atom. The molecule has 0 saturated carbocycles. The largest absolute Gasteiger partial charge is 0.387 e. The lowest BCUT2D eigenvalue weighted by Crippen LogP contribution is -2.25. The number of nitrogens with zero attached hydrogens (tertiary/aromatic N) is 1. The van der Waals surface area contributed by atoms with Gasteiger partial charge in [0.25, 0.3) is 5.91 Å². The van der Waals surface area contributed by atoms with Crippen molar-refractivity contribution < 1.29 is 9.90 Å². The molecule has 1 aromatic carbocycles. The third-order valence-electron chi connectivity index (χ3n) is 3.68. The number of fused-ring (bicyclic) bond motifs is 1. The van der Waals surface area contributed by atoms with Gasteiger partial charge in [-0.15, -0.1) is 11.3 Å². The molecule has 0 aliphatic carbocycles. The molecule has 1 amide bonds. The molecule has 2 heterocycles. The molecule has 0 fully saturated rings. The molecule has 22 heavy (non-hydrogen) atoms. The number of aliphatic hydroxyl groups is 1. The smallest absolute Gasteiger partial charge is 0.261 e. The number of nitrogens with one attached hydrogen (secondary N) is 1. The molecule has 0 saturated heterocycles. The summed E-state index contributed by atoms with van der Waals surface area (Å²) >= 11 is 1.49. The number of carbonyl (C=O) groups is 1. The highest BCUT2D eigenvalue weighted by atomic mass is 32.1. The summed E-state index contributed by atoms with van der Waals surface area (Å²) in [5.74, 6) is -0.0831. The van der Waals surface area contributed by atoms with Crippen molar-refractivity contribution in [2.24, 2.45) is 7.05 Å². The molecule has 3 rings (SSSR count). The van der Waals surface area contributed by atoms with E-state index in [1.165, 1.54) is 11.3 Å². The molecular weight excluding hydrogens is 296 g/mol. The third kappa shape index (κ3) is 3.05. The Balaban J connectivity index is 1.57. The zero-order chi connectivity index (χ0) is 15.5. The van der Waals surface area contributed by atoms with Crippen LogP contribution in [0.5, 0.6) is 0 Å². The average Bonchev–Trinajstić information content (AvgIpc) is 3.12. The van der Waals surface area contributed by atoms with Gasteiger partial charge in [0.1, 0.15) is 0 Å². The number of thiophene rings is 1. The first-order valence-electron chi connectivity index (χ1n) is 7.21. The van der Waals surface area contributed by atoms with Crippen LogP contribution in [0.2, 0.25) is 0 Å². The van der Waals surface area contributed by atoms with Crippen LogP contribution in [0.3, 0.4) is 0 Å². The molecule has 3 aromatic rings. The summed E-state index contributed by atoms with van der Waals surface area (Å²) in [4.78, 5) is 12.9. The van der Waals surface area contributed by atoms with Gasteiger partial charge in [0.05, 0.1) is 11.0 Å². The van der Waals surface area contributed by atoms with Gasteiger partial charge in [0.2, 0.25) is 0 Å². The maximum atomic E-state index is 12.2. The fourth-order valence-corrected chi connectivity index (χ4v) is 3.45. The topological polar surface area (TPSA) is 54.3 Å². The molecule has 2 N–H and O–H groups in total. The van der Waals surface area contributed by atoms with E-state index in [0.717, 1.165) is 15.8 Å². The van der Waals surface area contributed by atoms with Crippen molar-refractivity contribution in [1.82, 2.24) is 9.88 Å². The minimum atomic E-state index is -0.567. The van der Waals surface area contributed by atoms with Gasteiger partial charge in [-0.3, -0.25) is 4.79 Å². The molecular formula is C17H18N2O2S. The normalized spacial score (nSPS) is 12.5. The summed E-state index contributed by atoms with van der Waals surface area (Å²) < 4.78 is 3.00. The predicted molar refractivity (Wildman–Crippen MR) is 89.1 cm³/mol. The highest BCUT2D eigenvalue weighted by Gasteiger charge is 2.13. The summed E-state index contributed by atoms with van der Waals surface area (Å²) in [6.07, 6.45) is 1.82. The van der Waals surface area contributed by atoms with E-state index in [1.54, 1.807) is 0 Å². The molecule has 0 aliphatic heterocycles. The predicted octanol–water partition coefficient (Wildman–Crippen LogP) is 3.09. The lowest BCUT2D eigenvalue weighted by atomic mass is 10.2. The van der Waals surface area contributed by atoms with Crippen LogP contribution in [-0.2, 0) is 7.05 Å². The Bertz CT molecular complexity index is 758. The number of aromatic nitrogens is 1. The second kappa shape index (κ2) is 6.34. The standard InChI is InChI=1S/C17H18N2O2S/c1-19-10-4-6-13(19)14(20)8-9-18-17(21)16-11-12-5-2-3-7-15(12)22-16/h2-7,10-11,14,20H,8-9H2,1H3,(H,18,21). The lowest BCUT2D eigenvalue weighted by molar-refractivity contribution is 0.0945. The molecule has 0 aliphatic rings. The van der Waals surface area contributed by atoms with Crippen molar-refractivity contribution in [3.05, 3.63) is 59.2 Å². The molecule has 1 atom stereocenters. The highest BCUT2D eigenvalue weighted by Crippen LogP contribution is 2.25. The minimum absolute atomic E-state index is 0.0831. The maximum Gasteiger partial charge on any atom is 0.261 e. The average molecular weight is 314 g/mol. The van der Waals surface area contributed by atoms with Gasteiger partial charge < -0.3 is 15.0 Å². The SMILES string of the molecule is Cn1cccc1C(O)CCNC(=O)c1cc2ccccc2s1. The van der Waals surface area contributed by atoms with Crippen LogP contribution >= 0.6 is 11.3 Å². The molecule has 5 heteroatoms. The van der Waals surface area contributed by atoms with E-state index in [1.807, 2.05) is 60.3 Å². The fraction of sp³-hybridized carbons (Fsp3) is 0.235. The van der Waals surface area contributed by atoms with Crippen LogP contribution in [0, 0.1) is 0 Å². The highest BCUT2D eigenvalue weighted by molar-refractivity contribution is 7.20. The van der Waals surface area contributed by atoms with Crippen molar-refractivity contribution in [2.75, 3.05) is 6.54 Å². The van der Waals surface area contributed by atoms with Crippen molar-refractivity contribution in [3.8, 4) is 0 Å². The first-order valence-corrected chi connectivity index (χ1v) is 8.03. The number of benzene rings is 1. The number of aryl methyl sites for hydroxylation is 1. The van der Waals surface area contributed by atoms with Crippen molar-refractivity contribution in [3.63, 3.8) is 0 Å². The first kappa shape index (κ1) is 14.8. The van der Waals surface area contributed by atoms with E-state index in [0.29, 0.717) is 17.8 Å². The minimum Gasteiger partial charge on any atom is -0.387 e. The molecule has 0 radical (unpaired) electrons. The molecule has 4 nitrogen and oxygen atoms in total. The van der Waals surface area contributed by atoms with E-state index >= 15 is 0 Å². The van der Waals surface area contributed by atoms with Gasteiger partial charge in [-0.1, -0.05) is 18.2 Å². The number of aliphatic hydroxyl groups excluding tert-OH is 1. The second-order valence-corrected chi connectivity index (χ2v) is 6.34. The fourth-order valence-electron chi connectivity index (χ4n) is 2.47. The number of hydrogen-bond acceptors (Lipinski definition) is 3. The van der Waals surface area contributed by atoms with E-state index < -0.39 is 6.10 Å². The molecule has 2 aromatic heterocycles. The number of amides is 1. The number of hydrogen-bond donors (Lipinski definition) is 2. The Morgan fingerprint density at radius 1 is 1.32 bits per heavy atom. The summed E-state index contributed by atoms with van der Waals surface area (Å²) in [6.45, 7) is 0.444. The van der Waals surface area contributed by atoms with Crippen LogP contribution in [-0.4, -0.2) is 22.1 Å². The first-order chi connectivity index (χ1) is 10.6. The zero-order valence-corrected chi connectivity index (χ0v) is 13.1.